The van der Waals surface area contributed by atoms with Gasteiger partial charge in [0.1, 0.15) is 0 Å². The number of nitrogens with one attached hydrogen (secondary N) is 1. The topological polar surface area (TPSA) is 80.2 Å². The van der Waals surface area contributed by atoms with Crippen molar-refractivity contribution in [2.45, 2.75) is 6.54 Å². The van der Waals surface area contributed by atoms with Gasteiger partial charge in [0.2, 0.25) is 11.9 Å². The van der Waals surface area contributed by atoms with E-state index in [-0.39, 0.29) is 18.5 Å². The smallest absolute Gasteiger partial charge is 0.321 e. The number of carbonyl (C=O) groups excluding carboxylic acids is 1. The molecular formula is C16H18ClN5O2. The van der Waals surface area contributed by atoms with Gasteiger partial charge in [-0.05, 0) is 17.7 Å². The van der Waals surface area contributed by atoms with Gasteiger partial charge in [-0.25, -0.2) is 0 Å². The van der Waals surface area contributed by atoms with Crippen LogP contribution in [0.5, 0.6) is 6.01 Å². The van der Waals surface area contributed by atoms with Crippen molar-refractivity contribution < 1.29 is 9.53 Å². The number of anilines is 1. The van der Waals surface area contributed by atoms with Gasteiger partial charge in [0.15, 0.2) is 5.82 Å². The molecule has 0 unspecified atom stereocenters. The summed E-state index contributed by atoms with van der Waals surface area (Å²) in [6.45, 7) is 0.158. The molecule has 2 aromatic rings. The predicted molar refractivity (Wildman–Crippen MR) is 93.0 cm³/mol. The molecule has 0 saturated carbocycles. The normalized spacial score (nSPS) is 10.7. The van der Waals surface area contributed by atoms with Crippen molar-refractivity contribution in [2.75, 3.05) is 26.1 Å². The highest BCUT2D eigenvalue weighted by Crippen LogP contribution is 2.16. The van der Waals surface area contributed by atoms with Gasteiger partial charge in [0.05, 0.1) is 13.7 Å². The van der Waals surface area contributed by atoms with Crippen LogP contribution in [0.25, 0.3) is 6.08 Å². The molecule has 0 fully saturated rings. The molecule has 0 spiro atoms. The van der Waals surface area contributed by atoms with Gasteiger partial charge in [-0.3, -0.25) is 4.79 Å². The second-order valence-electron chi connectivity index (χ2n) is 5.01. The van der Waals surface area contributed by atoms with E-state index >= 15 is 0 Å². The van der Waals surface area contributed by atoms with Crippen molar-refractivity contribution >= 4 is 29.5 Å². The number of halogens is 1. The minimum atomic E-state index is -0.277. The third-order valence-electron chi connectivity index (χ3n) is 2.97. The van der Waals surface area contributed by atoms with Crippen LogP contribution in [0.3, 0.4) is 0 Å². The first-order valence-corrected chi connectivity index (χ1v) is 7.54. The van der Waals surface area contributed by atoms with Crippen LogP contribution in [-0.4, -0.2) is 42.1 Å². The van der Waals surface area contributed by atoms with Crippen molar-refractivity contribution in [3.05, 3.63) is 46.8 Å². The molecule has 24 heavy (non-hydrogen) atoms. The van der Waals surface area contributed by atoms with Crippen LogP contribution >= 0.6 is 11.6 Å². The fourth-order valence-corrected chi connectivity index (χ4v) is 1.96. The molecule has 0 aliphatic carbocycles. The Kier molecular flexibility index (Phi) is 6.08. The summed E-state index contributed by atoms with van der Waals surface area (Å²) in [5.74, 6) is 0.587. The van der Waals surface area contributed by atoms with Gasteiger partial charge in [0, 0.05) is 25.2 Å². The summed E-state index contributed by atoms with van der Waals surface area (Å²) in [5, 5.41) is 3.29. The van der Waals surface area contributed by atoms with Crippen LogP contribution in [0, 0.1) is 0 Å². The lowest BCUT2D eigenvalue weighted by molar-refractivity contribution is -0.116. The van der Waals surface area contributed by atoms with Crippen molar-refractivity contribution in [3.63, 3.8) is 0 Å². The van der Waals surface area contributed by atoms with E-state index in [1.807, 2.05) is 32.3 Å². The zero-order chi connectivity index (χ0) is 17.5. The zero-order valence-electron chi connectivity index (χ0n) is 13.7. The number of rotatable bonds is 6. The summed E-state index contributed by atoms with van der Waals surface area (Å²) in [5.41, 5.74) is 0.769. The summed E-state index contributed by atoms with van der Waals surface area (Å²) in [4.78, 5) is 26.1. The van der Waals surface area contributed by atoms with Gasteiger partial charge in [-0.15, -0.1) is 0 Å². The Morgan fingerprint density at radius 3 is 2.71 bits per heavy atom. The standard InChI is InChI=1S/C16H18ClN5O2/c1-22(2)15-19-13(20-16(21-15)24-3)10-18-14(23)9-8-11-6-4-5-7-12(11)17/h4-9H,10H2,1-3H3,(H,18,23). The lowest BCUT2D eigenvalue weighted by atomic mass is 10.2. The number of benzene rings is 1. The zero-order valence-corrected chi connectivity index (χ0v) is 14.4. The number of hydrogen-bond acceptors (Lipinski definition) is 6. The van der Waals surface area contributed by atoms with Crippen LogP contribution in [0.2, 0.25) is 5.02 Å². The molecular weight excluding hydrogens is 330 g/mol. The molecule has 0 saturated heterocycles. The summed E-state index contributed by atoms with van der Waals surface area (Å²) >= 11 is 6.03. The van der Waals surface area contributed by atoms with Crippen LogP contribution in [0.4, 0.5) is 5.95 Å². The summed E-state index contributed by atoms with van der Waals surface area (Å²) in [6.07, 6.45) is 3.06. The Balaban J connectivity index is 2.01. The van der Waals surface area contributed by atoms with Crippen molar-refractivity contribution in [2.24, 2.45) is 0 Å². The van der Waals surface area contributed by atoms with E-state index in [9.17, 15) is 4.79 Å². The van der Waals surface area contributed by atoms with Crippen molar-refractivity contribution in [3.8, 4) is 6.01 Å². The fourth-order valence-electron chi connectivity index (χ4n) is 1.76. The fraction of sp³-hybridized carbons (Fsp3) is 0.250. The summed E-state index contributed by atoms with van der Waals surface area (Å²) in [6, 6.07) is 7.47. The maximum absolute atomic E-state index is 11.9. The van der Waals surface area contributed by atoms with E-state index in [0.717, 1.165) is 5.56 Å². The number of ether oxygens (including phenoxy) is 1. The molecule has 126 valence electrons. The van der Waals surface area contributed by atoms with Gasteiger partial charge in [-0.2, -0.15) is 15.0 Å². The monoisotopic (exact) mass is 347 g/mol. The van der Waals surface area contributed by atoms with Crippen LogP contribution in [-0.2, 0) is 11.3 Å². The molecule has 1 heterocycles. The highest BCUT2D eigenvalue weighted by Gasteiger charge is 2.09. The maximum Gasteiger partial charge on any atom is 0.321 e. The number of hydrogen-bond donors (Lipinski definition) is 1. The average molecular weight is 348 g/mol. The molecule has 1 aromatic carbocycles. The van der Waals surface area contributed by atoms with Crippen LogP contribution in [0.15, 0.2) is 30.3 Å². The first-order valence-electron chi connectivity index (χ1n) is 7.16. The minimum absolute atomic E-state index is 0.158. The third kappa shape index (κ3) is 4.92. The Labute approximate surface area is 145 Å². The van der Waals surface area contributed by atoms with Crippen molar-refractivity contribution in [1.82, 2.24) is 20.3 Å². The molecule has 0 bridgehead atoms. The van der Waals surface area contributed by atoms with Gasteiger partial charge in [0.25, 0.3) is 0 Å². The lowest BCUT2D eigenvalue weighted by Gasteiger charge is -2.12. The Hall–Kier alpha value is -2.67. The first kappa shape index (κ1) is 17.7. The molecule has 2 rings (SSSR count). The molecule has 0 radical (unpaired) electrons. The molecule has 0 aliphatic heterocycles. The SMILES string of the molecule is COc1nc(CNC(=O)C=Cc2ccccc2Cl)nc(N(C)C)n1. The van der Waals surface area contributed by atoms with E-state index in [1.165, 1.54) is 13.2 Å². The Morgan fingerprint density at radius 1 is 1.29 bits per heavy atom. The second kappa shape index (κ2) is 8.26. The summed E-state index contributed by atoms with van der Waals surface area (Å²) < 4.78 is 5.04. The average Bonchev–Trinajstić information content (AvgIpc) is 2.58. The van der Waals surface area contributed by atoms with Gasteiger partial charge in [-0.1, -0.05) is 29.8 Å². The van der Waals surface area contributed by atoms with Crippen LogP contribution < -0.4 is 15.0 Å². The highest BCUT2D eigenvalue weighted by molar-refractivity contribution is 6.32. The van der Waals surface area contributed by atoms with E-state index in [2.05, 4.69) is 20.3 Å². The minimum Gasteiger partial charge on any atom is -0.467 e. The van der Waals surface area contributed by atoms with E-state index < -0.39 is 0 Å². The number of amides is 1. The molecule has 8 heteroatoms. The molecule has 7 nitrogen and oxygen atoms in total. The Bertz CT molecular complexity index is 749. The second-order valence-corrected chi connectivity index (χ2v) is 5.41. The van der Waals surface area contributed by atoms with Gasteiger partial charge >= 0.3 is 6.01 Å². The van der Waals surface area contributed by atoms with Gasteiger partial charge < -0.3 is 15.0 Å². The number of carbonyl (C=O) groups is 1. The van der Waals surface area contributed by atoms with Crippen molar-refractivity contribution in [1.29, 1.82) is 0 Å². The molecule has 1 amide bonds. The van der Waals surface area contributed by atoms with E-state index in [4.69, 9.17) is 16.3 Å². The molecule has 0 atom stereocenters. The highest BCUT2D eigenvalue weighted by atomic mass is 35.5. The largest absolute Gasteiger partial charge is 0.467 e. The number of nitrogens with zero attached hydrogens (tertiary/aromatic N) is 4. The third-order valence-corrected chi connectivity index (χ3v) is 3.32. The molecule has 0 aliphatic rings. The summed E-state index contributed by atoms with van der Waals surface area (Å²) in [7, 11) is 5.09. The van der Waals surface area contributed by atoms with E-state index in [0.29, 0.717) is 16.8 Å². The molecule has 1 N–H and O–H groups in total. The Morgan fingerprint density at radius 2 is 2.04 bits per heavy atom. The maximum atomic E-state index is 11.9. The quantitative estimate of drug-likeness (QED) is 0.804. The number of methoxy groups -OCH3 is 1. The van der Waals surface area contributed by atoms with E-state index in [1.54, 1.807) is 17.0 Å². The molecule has 1 aromatic heterocycles. The lowest BCUT2D eigenvalue weighted by Crippen LogP contribution is -2.23. The first-order chi connectivity index (χ1) is 11.5. The predicted octanol–water partition coefficient (Wildman–Crippen LogP) is 1.93. The van der Waals surface area contributed by atoms with Crippen LogP contribution in [0.1, 0.15) is 11.4 Å². The number of aromatic nitrogens is 3.